The zero-order chi connectivity index (χ0) is 32.0. The number of carbonyl (C=O) groups excluding carboxylic acids is 3. The minimum Gasteiger partial charge on any atom is -0.464 e. The average Bonchev–Trinajstić information content (AvgIpc) is 3.66. The van der Waals surface area contributed by atoms with Crippen molar-refractivity contribution in [3.63, 3.8) is 0 Å². The van der Waals surface area contributed by atoms with Gasteiger partial charge in [-0.15, -0.1) is 0 Å². The van der Waals surface area contributed by atoms with Gasteiger partial charge in [-0.1, -0.05) is 29.8 Å². The number of rotatable bonds is 5. The number of imidazole rings is 1. The summed E-state index contributed by atoms with van der Waals surface area (Å²) in [5, 5.41) is 4.42. The number of anilines is 1. The van der Waals surface area contributed by atoms with Gasteiger partial charge in [0.2, 0.25) is 0 Å². The number of nitrogens with one attached hydrogen (secondary N) is 1. The fourth-order valence-electron chi connectivity index (χ4n) is 5.18. The molecular formula is C31H37ClN6O6. The highest BCUT2D eigenvalue weighted by Crippen LogP contribution is 2.37. The number of likely N-dealkylation sites (tertiary alicyclic amines) is 1. The Morgan fingerprint density at radius 2 is 1.73 bits per heavy atom. The fraction of sp³-hybridized carbons (Fsp3) is 0.452. The second kappa shape index (κ2) is 11.6. The number of aromatic nitrogens is 4. The van der Waals surface area contributed by atoms with Crippen molar-refractivity contribution in [2.75, 3.05) is 18.5 Å². The highest BCUT2D eigenvalue weighted by molar-refractivity contribution is 6.32. The molecule has 3 aromatic heterocycles. The molecule has 0 saturated carbocycles. The lowest BCUT2D eigenvalue weighted by Crippen LogP contribution is -2.44. The molecule has 1 saturated heterocycles. The number of benzene rings is 1. The van der Waals surface area contributed by atoms with Crippen LogP contribution in [0.1, 0.15) is 54.9 Å². The Balaban J connectivity index is 1.54. The summed E-state index contributed by atoms with van der Waals surface area (Å²) in [7, 11) is 0. The maximum Gasteiger partial charge on any atom is 0.419 e. The van der Waals surface area contributed by atoms with Crippen molar-refractivity contribution in [1.82, 2.24) is 23.8 Å². The van der Waals surface area contributed by atoms with Gasteiger partial charge in [-0.3, -0.25) is 13.9 Å². The first kappa shape index (κ1) is 31.1. The van der Waals surface area contributed by atoms with Gasteiger partial charge < -0.3 is 19.5 Å². The van der Waals surface area contributed by atoms with Crippen molar-refractivity contribution in [3.05, 3.63) is 48.0 Å². The number of nitrogens with zero attached hydrogens (tertiary/aromatic N) is 5. The lowest BCUT2D eigenvalue weighted by atomic mass is 10.1. The molecule has 2 atom stereocenters. The van der Waals surface area contributed by atoms with Crippen LogP contribution < -0.4 is 5.32 Å². The van der Waals surface area contributed by atoms with E-state index in [-0.39, 0.29) is 25.6 Å². The highest BCUT2D eigenvalue weighted by atomic mass is 35.5. The average molecular weight is 625 g/mol. The molecule has 1 aromatic carbocycles. The number of esters is 1. The van der Waals surface area contributed by atoms with Gasteiger partial charge in [-0.2, -0.15) is 0 Å². The molecule has 1 aliphatic heterocycles. The third-order valence-corrected chi connectivity index (χ3v) is 7.23. The number of halogens is 1. The van der Waals surface area contributed by atoms with Crippen LogP contribution >= 0.6 is 11.6 Å². The van der Waals surface area contributed by atoms with E-state index in [1.54, 1.807) is 71.5 Å². The summed E-state index contributed by atoms with van der Waals surface area (Å²) in [6, 6.07) is 6.19. The summed E-state index contributed by atoms with van der Waals surface area (Å²) in [5.74, 6) is -0.115. The summed E-state index contributed by atoms with van der Waals surface area (Å²) in [6.07, 6.45) is 4.11. The maximum atomic E-state index is 13.2. The number of fused-ring (bicyclic) bond motifs is 2. The number of para-hydroxylation sites is 1. The smallest absolute Gasteiger partial charge is 0.419 e. The van der Waals surface area contributed by atoms with Gasteiger partial charge in [0.05, 0.1) is 12.1 Å². The molecule has 44 heavy (non-hydrogen) atoms. The molecule has 5 rings (SSSR count). The Bertz CT molecular complexity index is 1730. The standard InChI is InChI=1S/C31H37ClN6O6/c1-8-42-27(39)22-15-18(16-37(22)28(40)43-30(2,3)4)34-25-26-33-13-14-36(26)24(32)23(35-25)20-17-38(29(41)44-31(5,6)7)21-12-10-9-11-19(20)21/h9-14,17-18,22H,8,15-16H2,1-7H3,(H,34,35)/t18-,22-/m0/s1. The van der Waals surface area contributed by atoms with Crippen molar-refractivity contribution >= 4 is 52.1 Å². The molecule has 0 aliphatic carbocycles. The monoisotopic (exact) mass is 624 g/mol. The van der Waals surface area contributed by atoms with E-state index >= 15 is 0 Å². The van der Waals surface area contributed by atoms with Crippen LogP contribution in [0.25, 0.3) is 27.8 Å². The van der Waals surface area contributed by atoms with E-state index in [2.05, 4.69) is 10.3 Å². The van der Waals surface area contributed by atoms with Gasteiger partial charge in [0.15, 0.2) is 11.5 Å². The minimum atomic E-state index is -0.836. The van der Waals surface area contributed by atoms with Gasteiger partial charge in [0, 0.05) is 48.5 Å². The molecular weight excluding hydrogens is 588 g/mol. The van der Waals surface area contributed by atoms with Crippen LogP contribution in [0.5, 0.6) is 0 Å². The van der Waals surface area contributed by atoms with Crippen LogP contribution in [0.2, 0.25) is 5.15 Å². The number of carbonyl (C=O) groups is 3. The van der Waals surface area contributed by atoms with Crippen LogP contribution in [0.15, 0.2) is 42.9 Å². The molecule has 1 N–H and O–H groups in total. The van der Waals surface area contributed by atoms with Gasteiger partial charge in [-0.05, 0) is 54.5 Å². The molecule has 0 radical (unpaired) electrons. The van der Waals surface area contributed by atoms with E-state index in [1.165, 1.54) is 9.47 Å². The molecule has 234 valence electrons. The summed E-state index contributed by atoms with van der Waals surface area (Å²) in [5.41, 5.74) is 0.674. The quantitative estimate of drug-likeness (QED) is 0.205. The van der Waals surface area contributed by atoms with Crippen molar-refractivity contribution in [2.24, 2.45) is 0 Å². The maximum absolute atomic E-state index is 13.2. The van der Waals surface area contributed by atoms with E-state index in [0.717, 1.165) is 5.39 Å². The summed E-state index contributed by atoms with van der Waals surface area (Å²) < 4.78 is 19.6. The Labute approximate surface area is 260 Å². The van der Waals surface area contributed by atoms with Crippen LogP contribution in [-0.4, -0.2) is 78.4 Å². The van der Waals surface area contributed by atoms with E-state index < -0.39 is 35.4 Å². The molecule has 1 fully saturated rings. The fourth-order valence-corrected chi connectivity index (χ4v) is 5.46. The normalized spacial score (nSPS) is 17.2. The molecule has 1 aliphatic rings. The Morgan fingerprint density at radius 3 is 2.41 bits per heavy atom. The number of hydrogen-bond acceptors (Lipinski definition) is 9. The topological polar surface area (TPSA) is 129 Å². The largest absolute Gasteiger partial charge is 0.464 e. The van der Waals surface area contributed by atoms with Crippen LogP contribution in [0.3, 0.4) is 0 Å². The number of amides is 1. The van der Waals surface area contributed by atoms with E-state index in [9.17, 15) is 14.4 Å². The SMILES string of the molecule is CCOC(=O)[C@@H]1C[C@H](Nc2nc(-c3cn(C(=O)OC(C)(C)C)c4ccccc34)c(Cl)n3ccnc23)CN1C(=O)OC(C)(C)C. The Morgan fingerprint density at radius 1 is 1.05 bits per heavy atom. The van der Waals surface area contributed by atoms with E-state index in [0.29, 0.717) is 33.4 Å². The highest BCUT2D eigenvalue weighted by Gasteiger charge is 2.43. The van der Waals surface area contributed by atoms with Crippen LogP contribution in [0.4, 0.5) is 15.4 Å². The Kier molecular flexibility index (Phi) is 8.23. The zero-order valence-corrected chi connectivity index (χ0v) is 26.6. The van der Waals surface area contributed by atoms with Crippen molar-refractivity contribution in [3.8, 4) is 11.3 Å². The molecule has 13 heteroatoms. The van der Waals surface area contributed by atoms with Crippen molar-refractivity contribution in [2.45, 2.75) is 78.2 Å². The first-order chi connectivity index (χ1) is 20.7. The van der Waals surface area contributed by atoms with Gasteiger partial charge in [0.25, 0.3) is 0 Å². The van der Waals surface area contributed by atoms with Crippen LogP contribution in [0, 0.1) is 0 Å². The lowest BCUT2D eigenvalue weighted by Gasteiger charge is -2.27. The molecule has 4 aromatic rings. The van der Waals surface area contributed by atoms with Crippen molar-refractivity contribution in [1.29, 1.82) is 0 Å². The molecule has 0 spiro atoms. The van der Waals surface area contributed by atoms with Crippen LogP contribution in [-0.2, 0) is 19.0 Å². The van der Waals surface area contributed by atoms with Gasteiger partial charge >= 0.3 is 18.2 Å². The van der Waals surface area contributed by atoms with E-state index in [1.807, 2.05) is 24.3 Å². The zero-order valence-electron chi connectivity index (χ0n) is 25.9. The lowest BCUT2D eigenvalue weighted by molar-refractivity contribution is -0.148. The molecule has 0 bridgehead atoms. The third kappa shape index (κ3) is 6.30. The first-order valence-electron chi connectivity index (χ1n) is 14.5. The summed E-state index contributed by atoms with van der Waals surface area (Å²) in [6.45, 7) is 12.8. The summed E-state index contributed by atoms with van der Waals surface area (Å²) >= 11 is 6.90. The number of ether oxygens (including phenoxy) is 3. The van der Waals surface area contributed by atoms with E-state index in [4.69, 9.17) is 30.8 Å². The predicted molar refractivity (Wildman–Crippen MR) is 166 cm³/mol. The van der Waals surface area contributed by atoms with Crippen molar-refractivity contribution < 1.29 is 28.6 Å². The second-order valence-electron chi connectivity index (χ2n) is 12.6. The summed E-state index contributed by atoms with van der Waals surface area (Å²) in [4.78, 5) is 49.8. The second-order valence-corrected chi connectivity index (χ2v) is 13.0. The Hall–Kier alpha value is -4.32. The van der Waals surface area contributed by atoms with Gasteiger partial charge in [0.1, 0.15) is 28.1 Å². The number of hydrogen-bond donors (Lipinski definition) is 1. The molecule has 0 unspecified atom stereocenters. The molecule has 12 nitrogen and oxygen atoms in total. The predicted octanol–water partition coefficient (Wildman–Crippen LogP) is 6.14. The minimum absolute atomic E-state index is 0.169. The molecule has 1 amide bonds. The van der Waals surface area contributed by atoms with Gasteiger partial charge in [-0.25, -0.2) is 24.4 Å². The third-order valence-electron chi connectivity index (χ3n) is 6.87. The molecule has 4 heterocycles. The first-order valence-corrected chi connectivity index (χ1v) is 14.8.